The molecule has 0 saturated heterocycles. The number of carbonyl (C=O) groups is 2. The van der Waals surface area contributed by atoms with Gasteiger partial charge in [0.1, 0.15) is 5.41 Å². The molecule has 1 aliphatic carbocycles. The summed E-state index contributed by atoms with van der Waals surface area (Å²) in [6.45, 7) is 7.92. The number of amides is 2. The lowest BCUT2D eigenvalue weighted by Crippen LogP contribution is -2.51. The Hall–Kier alpha value is -1.84. The maximum atomic E-state index is 13.0. The average molecular weight is 316 g/mol. The maximum absolute atomic E-state index is 13.0. The van der Waals surface area contributed by atoms with Gasteiger partial charge in [-0.3, -0.25) is 9.59 Å². The van der Waals surface area contributed by atoms with E-state index in [1.165, 1.54) is 0 Å². The van der Waals surface area contributed by atoms with Crippen molar-refractivity contribution in [2.75, 3.05) is 11.4 Å². The highest BCUT2D eigenvalue weighted by Crippen LogP contribution is 2.26. The predicted octanol–water partition coefficient (Wildman–Crippen LogP) is 3.43. The third-order valence-corrected chi connectivity index (χ3v) is 4.67. The van der Waals surface area contributed by atoms with Crippen LogP contribution >= 0.6 is 0 Å². The minimum Gasteiger partial charge on any atom is -0.352 e. The van der Waals surface area contributed by atoms with Crippen molar-refractivity contribution in [3.63, 3.8) is 0 Å². The molecule has 23 heavy (non-hydrogen) atoms. The molecule has 0 aromatic heterocycles. The second kappa shape index (κ2) is 7.16. The summed E-state index contributed by atoms with van der Waals surface area (Å²) in [6, 6.07) is 8.06. The largest absolute Gasteiger partial charge is 0.352 e. The summed E-state index contributed by atoms with van der Waals surface area (Å²) in [5.74, 6) is -0.318. The molecule has 1 aliphatic rings. The molecule has 2 amide bonds. The van der Waals surface area contributed by atoms with Crippen LogP contribution in [-0.4, -0.2) is 24.4 Å². The number of rotatable bonds is 5. The van der Waals surface area contributed by atoms with Crippen molar-refractivity contribution in [3.8, 4) is 0 Å². The second-order valence-corrected chi connectivity index (χ2v) is 6.97. The fraction of sp³-hybridized carbons (Fsp3) is 0.579. The number of nitrogens with one attached hydrogen (secondary N) is 1. The van der Waals surface area contributed by atoms with E-state index in [1.807, 2.05) is 38.1 Å². The fourth-order valence-electron chi connectivity index (χ4n) is 3.11. The van der Waals surface area contributed by atoms with Gasteiger partial charge in [-0.2, -0.15) is 0 Å². The quantitative estimate of drug-likeness (QED) is 0.846. The summed E-state index contributed by atoms with van der Waals surface area (Å²) >= 11 is 0. The molecule has 126 valence electrons. The first-order chi connectivity index (χ1) is 10.9. The van der Waals surface area contributed by atoms with Crippen molar-refractivity contribution >= 4 is 17.5 Å². The van der Waals surface area contributed by atoms with Crippen LogP contribution in [0.1, 0.15) is 52.0 Å². The van der Waals surface area contributed by atoms with E-state index in [0.29, 0.717) is 6.54 Å². The number of hydrogen-bond acceptors (Lipinski definition) is 2. The molecule has 0 bridgehead atoms. The van der Waals surface area contributed by atoms with Gasteiger partial charge in [0.05, 0.1) is 0 Å². The standard InChI is InChI=1S/C19H28N2O2/c1-5-21(16-12-8-9-14(2)13-16)18(23)19(3,4)17(22)20-15-10-6-7-11-15/h8-9,12-13,15H,5-7,10-11H2,1-4H3,(H,20,22). The highest BCUT2D eigenvalue weighted by atomic mass is 16.2. The van der Waals surface area contributed by atoms with Crippen molar-refractivity contribution in [1.29, 1.82) is 0 Å². The molecule has 1 aromatic carbocycles. The van der Waals surface area contributed by atoms with E-state index in [2.05, 4.69) is 5.32 Å². The van der Waals surface area contributed by atoms with E-state index in [1.54, 1.807) is 18.7 Å². The second-order valence-electron chi connectivity index (χ2n) is 6.97. The molecular weight excluding hydrogens is 288 g/mol. The normalized spacial score (nSPS) is 15.5. The van der Waals surface area contributed by atoms with Crippen LogP contribution in [0, 0.1) is 12.3 Å². The zero-order valence-corrected chi connectivity index (χ0v) is 14.7. The van der Waals surface area contributed by atoms with Gasteiger partial charge in [0.2, 0.25) is 11.8 Å². The molecule has 1 saturated carbocycles. The minimum absolute atomic E-state index is 0.152. The van der Waals surface area contributed by atoms with E-state index in [0.717, 1.165) is 36.9 Å². The first-order valence-corrected chi connectivity index (χ1v) is 8.56. The van der Waals surface area contributed by atoms with Crippen LogP contribution in [0.3, 0.4) is 0 Å². The van der Waals surface area contributed by atoms with E-state index in [4.69, 9.17) is 0 Å². The van der Waals surface area contributed by atoms with Gasteiger partial charge in [-0.25, -0.2) is 0 Å². The molecule has 0 aliphatic heterocycles. The van der Waals surface area contributed by atoms with Gasteiger partial charge in [0.15, 0.2) is 0 Å². The van der Waals surface area contributed by atoms with E-state index >= 15 is 0 Å². The van der Waals surface area contributed by atoms with E-state index < -0.39 is 5.41 Å². The number of nitrogens with zero attached hydrogens (tertiary/aromatic N) is 1. The summed E-state index contributed by atoms with van der Waals surface area (Å²) in [5.41, 5.74) is 0.878. The van der Waals surface area contributed by atoms with Crippen LogP contribution in [0.2, 0.25) is 0 Å². The van der Waals surface area contributed by atoms with Crippen molar-refractivity contribution in [2.24, 2.45) is 5.41 Å². The van der Waals surface area contributed by atoms with Crippen molar-refractivity contribution in [1.82, 2.24) is 5.32 Å². The Labute approximate surface area is 139 Å². The third kappa shape index (κ3) is 3.92. The fourth-order valence-corrected chi connectivity index (χ4v) is 3.11. The zero-order valence-electron chi connectivity index (χ0n) is 14.7. The van der Waals surface area contributed by atoms with Gasteiger partial charge in [-0.1, -0.05) is 25.0 Å². The highest BCUT2D eigenvalue weighted by molar-refractivity contribution is 6.11. The zero-order chi connectivity index (χ0) is 17.0. The van der Waals surface area contributed by atoms with Gasteiger partial charge in [-0.15, -0.1) is 0 Å². The number of hydrogen-bond donors (Lipinski definition) is 1. The van der Waals surface area contributed by atoms with Crippen LogP contribution in [0.25, 0.3) is 0 Å². The number of benzene rings is 1. The molecule has 1 fully saturated rings. The summed E-state index contributed by atoms with van der Waals surface area (Å²) < 4.78 is 0. The average Bonchev–Trinajstić information content (AvgIpc) is 3.01. The van der Waals surface area contributed by atoms with Gasteiger partial charge >= 0.3 is 0 Å². The summed E-state index contributed by atoms with van der Waals surface area (Å²) in [6.07, 6.45) is 4.35. The van der Waals surface area contributed by atoms with Crippen LogP contribution < -0.4 is 10.2 Å². The Balaban J connectivity index is 2.15. The summed E-state index contributed by atoms with van der Waals surface area (Å²) in [4.78, 5) is 27.3. The SMILES string of the molecule is CCN(C(=O)C(C)(C)C(=O)NC1CCCC1)c1cccc(C)c1. The van der Waals surface area contributed by atoms with E-state index in [9.17, 15) is 9.59 Å². The molecule has 0 unspecified atom stereocenters. The molecule has 0 atom stereocenters. The Morgan fingerprint density at radius 3 is 2.48 bits per heavy atom. The Morgan fingerprint density at radius 1 is 1.26 bits per heavy atom. The van der Waals surface area contributed by atoms with Crippen LogP contribution in [0.15, 0.2) is 24.3 Å². The molecule has 0 heterocycles. The van der Waals surface area contributed by atoms with Crippen LogP contribution in [0.5, 0.6) is 0 Å². The van der Waals surface area contributed by atoms with Gasteiger partial charge in [0, 0.05) is 18.3 Å². The highest BCUT2D eigenvalue weighted by Gasteiger charge is 2.40. The molecule has 4 heteroatoms. The van der Waals surface area contributed by atoms with Crippen molar-refractivity contribution in [2.45, 2.75) is 59.4 Å². The lowest BCUT2D eigenvalue weighted by Gasteiger charge is -2.31. The Bertz CT molecular complexity index is 574. The molecule has 4 nitrogen and oxygen atoms in total. The molecule has 2 rings (SSSR count). The van der Waals surface area contributed by atoms with Crippen LogP contribution in [-0.2, 0) is 9.59 Å². The molecule has 0 spiro atoms. The Kier molecular flexibility index (Phi) is 5.45. The predicted molar refractivity (Wildman–Crippen MR) is 93.4 cm³/mol. The lowest BCUT2D eigenvalue weighted by atomic mass is 9.89. The summed E-state index contributed by atoms with van der Waals surface area (Å²) in [7, 11) is 0. The smallest absolute Gasteiger partial charge is 0.242 e. The number of aryl methyl sites for hydroxylation is 1. The van der Waals surface area contributed by atoms with E-state index in [-0.39, 0.29) is 17.9 Å². The van der Waals surface area contributed by atoms with Gasteiger partial charge in [-0.05, 0) is 58.2 Å². The Morgan fingerprint density at radius 2 is 1.91 bits per heavy atom. The third-order valence-electron chi connectivity index (χ3n) is 4.67. The molecule has 1 N–H and O–H groups in total. The minimum atomic E-state index is -1.07. The van der Waals surface area contributed by atoms with Crippen LogP contribution in [0.4, 0.5) is 5.69 Å². The van der Waals surface area contributed by atoms with Gasteiger partial charge < -0.3 is 10.2 Å². The van der Waals surface area contributed by atoms with Gasteiger partial charge in [0.25, 0.3) is 0 Å². The van der Waals surface area contributed by atoms with Crippen molar-refractivity contribution < 1.29 is 9.59 Å². The summed E-state index contributed by atoms with van der Waals surface area (Å²) in [5, 5.41) is 3.06. The maximum Gasteiger partial charge on any atom is 0.242 e. The molecule has 0 radical (unpaired) electrons. The molecular formula is C19H28N2O2. The number of anilines is 1. The first-order valence-electron chi connectivity index (χ1n) is 8.56. The molecule has 1 aromatic rings. The lowest BCUT2D eigenvalue weighted by molar-refractivity contribution is -0.140. The first kappa shape index (κ1) is 17.5. The number of carbonyl (C=O) groups excluding carboxylic acids is 2. The van der Waals surface area contributed by atoms with Crippen molar-refractivity contribution in [3.05, 3.63) is 29.8 Å². The monoisotopic (exact) mass is 316 g/mol. The topological polar surface area (TPSA) is 49.4 Å².